The van der Waals surface area contributed by atoms with E-state index in [0.717, 1.165) is 80.5 Å². The van der Waals surface area contributed by atoms with Gasteiger partial charge in [0, 0.05) is 68.1 Å². The van der Waals surface area contributed by atoms with E-state index in [-0.39, 0.29) is 0 Å². The van der Waals surface area contributed by atoms with E-state index in [0.29, 0.717) is 5.95 Å². The van der Waals surface area contributed by atoms with Crippen LogP contribution in [0.25, 0.3) is 21.3 Å². The summed E-state index contributed by atoms with van der Waals surface area (Å²) in [5.74, 6) is 0.622. The molecule has 2 aromatic heterocycles. The number of piperazine rings is 1. The number of aromatic nitrogens is 2. The lowest BCUT2D eigenvalue weighted by molar-refractivity contribution is 0.0342. The Labute approximate surface area is 216 Å². The first-order valence-electron chi connectivity index (χ1n) is 12.7. The number of anilines is 3. The molecule has 0 radical (unpaired) electrons. The van der Waals surface area contributed by atoms with Crippen LogP contribution in [-0.2, 0) is 11.3 Å². The van der Waals surface area contributed by atoms with Crippen molar-refractivity contribution in [1.29, 1.82) is 0 Å². The SMILES string of the molecule is CN1CCN(c2ccc(-c3csc4cnc(Nc5ccc(CN6CCOCC6)cc5)nc34)cc2)CC1. The quantitative estimate of drug-likeness (QED) is 0.412. The number of nitrogens with one attached hydrogen (secondary N) is 1. The van der Waals surface area contributed by atoms with Crippen molar-refractivity contribution in [3.63, 3.8) is 0 Å². The van der Waals surface area contributed by atoms with E-state index in [1.54, 1.807) is 11.3 Å². The predicted molar refractivity (Wildman–Crippen MR) is 148 cm³/mol. The fourth-order valence-corrected chi connectivity index (χ4v) is 5.72. The van der Waals surface area contributed by atoms with Crippen LogP contribution in [0.5, 0.6) is 0 Å². The fraction of sp³-hybridized carbons (Fsp3) is 0.357. The van der Waals surface area contributed by atoms with Crippen molar-refractivity contribution in [1.82, 2.24) is 19.8 Å². The molecule has 8 heteroatoms. The highest BCUT2D eigenvalue weighted by molar-refractivity contribution is 7.17. The van der Waals surface area contributed by atoms with E-state index >= 15 is 0 Å². The van der Waals surface area contributed by atoms with Gasteiger partial charge < -0.3 is 19.9 Å². The Bertz CT molecular complexity index is 1290. The molecule has 4 heterocycles. The number of ether oxygens (including phenoxy) is 1. The lowest BCUT2D eigenvalue weighted by Gasteiger charge is -2.34. The Morgan fingerprint density at radius 3 is 2.42 bits per heavy atom. The molecular formula is C28H32N6OS. The zero-order valence-electron chi connectivity index (χ0n) is 20.7. The fourth-order valence-electron chi connectivity index (χ4n) is 4.85. The van der Waals surface area contributed by atoms with Crippen LogP contribution in [0, 0.1) is 0 Å². The molecule has 0 spiro atoms. The van der Waals surface area contributed by atoms with Gasteiger partial charge in [-0.2, -0.15) is 0 Å². The first-order valence-corrected chi connectivity index (χ1v) is 13.5. The second kappa shape index (κ2) is 10.5. The minimum atomic E-state index is 0.622. The molecule has 2 aliphatic rings. The van der Waals surface area contributed by atoms with Crippen LogP contribution in [0.4, 0.5) is 17.3 Å². The van der Waals surface area contributed by atoms with Gasteiger partial charge in [-0.15, -0.1) is 11.3 Å². The maximum Gasteiger partial charge on any atom is 0.227 e. The number of likely N-dealkylation sites (N-methyl/N-ethyl adjacent to an activating group) is 1. The average molecular weight is 501 g/mol. The molecule has 0 atom stereocenters. The highest BCUT2D eigenvalue weighted by atomic mass is 32.1. The van der Waals surface area contributed by atoms with Crippen molar-refractivity contribution in [3.05, 3.63) is 65.7 Å². The first-order chi connectivity index (χ1) is 17.7. The normalized spacial score (nSPS) is 17.5. The second-order valence-electron chi connectivity index (χ2n) is 9.60. The summed E-state index contributed by atoms with van der Waals surface area (Å²) in [6.45, 7) is 8.97. The molecule has 7 nitrogen and oxygen atoms in total. The van der Waals surface area contributed by atoms with Gasteiger partial charge >= 0.3 is 0 Å². The molecule has 2 fully saturated rings. The van der Waals surface area contributed by atoms with Crippen LogP contribution >= 0.6 is 11.3 Å². The molecular weight excluding hydrogens is 468 g/mol. The number of rotatable bonds is 6. The van der Waals surface area contributed by atoms with E-state index in [4.69, 9.17) is 9.72 Å². The Morgan fingerprint density at radius 2 is 1.67 bits per heavy atom. The molecule has 0 amide bonds. The summed E-state index contributed by atoms with van der Waals surface area (Å²) in [5.41, 5.74) is 6.93. The summed E-state index contributed by atoms with van der Waals surface area (Å²) in [4.78, 5) is 16.7. The van der Waals surface area contributed by atoms with Gasteiger partial charge in [0.1, 0.15) is 0 Å². The van der Waals surface area contributed by atoms with Gasteiger partial charge in [-0.05, 0) is 42.4 Å². The van der Waals surface area contributed by atoms with Crippen molar-refractivity contribution < 1.29 is 4.74 Å². The Balaban J connectivity index is 1.16. The number of thiophene rings is 1. The molecule has 0 aliphatic carbocycles. The molecule has 2 aliphatic heterocycles. The van der Waals surface area contributed by atoms with Crippen molar-refractivity contribution in [2.45, 2.75) is 6.54 Å². The smallest absolute Gasteiger partial charge is 0.227 e. The van der Waals surface area contributed by atoms with Crippen LogP contribution in [0.3, 0.4) is 0 Å². The zero-order valence-corrected chi connectivity index (χ0v) is 21.5. The lowest BCUT2D eigenvalue weighted by Crippen LogP contribution is -2.44. The van der Waals surface area contributed by atoms with Gasteiger partial charge in [0.15, 0.2) is 0 Å². The first kappa shape index (κ1) is 23.4. The minimum absolute atomic E-state index is 0.622. The van der Waals surface area contributed by atoms with Gasteiger partial charge in [0.25, 0.3) is 0 Å². The maximum atomic E-state index is 5.45. The molecule has 36 heavy (non-hydrogen) atoms. The number of hydrogen-bond donors (Lipinski definition) is 1. The minimum Gasteiger partial charge on any atom is -0.379 e. The van der Waals surface area contributed by atoms with Crippen molar-refractivity contribution in [3.8, 4) is 11.1 Å². The molecule has 2 saturated heterocycles. The maximum absolute atomic E-state index is 5.45. The van der Waals surface area contributed by atoms with Crippen molar-refractivity contribution >= 4 is 38.9 Å². The summed E-state index contributed by atoms with van der Waals surface area (Å²) in [6.07, 6.45) is 1.92. The van der Waals surface area contributed by atoms with E-state index in [9.17, 15) is 0 Å². The molecule has 0 unspecified atom stereocenters. The van der Waals surface area contributed by atoms with Crippen molar-refractivity contribution in [2.75, 3.05) is 69.7 Å². The summed E-state index contributed by atoms with van der Waals surface area (Å²) >= 11 is 1.69. The molecule has 1 N–H and O–H groups in total. The third kappa shape index (κ3) is 5.22. The highest BCUT2D eigenvalue weighted by Crippen LogP contribution is 2.34. The number of morpholine rings is 1. The van der Waals surface area contributed by atoms with Gasteiger partial charge in [0.2, 0.25) is 5.95 Å². The topological polar surface area (TPSA) is 56.8 Å². The van der Waals surface area contributed by atoms with Crippen LogP contribution < -0.4 is 10.2 Å². The molecule has 4 aromatic rings. The summed E-state index contributed by atoms with van der Waals surface area (Å²) in [7, 11) is 2.19. The molecule has 2 aromatic carbocycles. The van der Waals surface area contributed by atoms with Gasteiger partial charge in [-0.1, -0.05) is 24.3 Å². The van der Waals surface area contributed by atoms with E-state index in [1.807, 2.05) is 6.20 Å². The van der Waals surface area contributed by atoms with E-state index in [2.05, 4.69) is 86.0 Å². The molecule has 0 saturated carbocycles. The monoisotopic (exact) mass is 500 g/mol. The van der Waals surface area contributed by atoms with Crippen molar-refractivity contribution in [2.24, 2.45) is 0 Å². The van der Waals surface area contributed by atoms with Gasteiger partial charge in [-0.3, -0.25) is 4.90 Å². The Morgan fingerprint density at radius 1 is 0.917 bits per heavy atom. The summed E-state index contributed by atoms with van der Waals surface area (Å²) < 4.78 is 6.55. The van der Waals surface area contributed by atoms with Crippen LogP contribution in [0.2, 0.25) is 0 Å². The number of fused-ring (bicyclic) bond motifs is 1. The number of hydrogen-bond acceptors (Lipinski definition) is 8. The molecule has 0 bridgehead atoms. The predicted octanol–water partition coefficient (Wildman–Crippen LogP) is 4.69. The Hall–Kier alpha value is -3.04. The van der Waals surface area contributed by atoms with E-state index < -0.39 is 0 Å². The van der Waals surface area contributed by atoms with Crippen LogP contribution in [-0.4, -0.2) is 79.3 Å². The van der Waals surface area contributed by atoms with Crippen LogP contribution in [0.1, 0.15) is 5.56 Å². The lowest BCUT2D eigenvalue weighted by atomic mass is 10.1. The number of nitrogens with zero attached hydrogens (tertiary/aromatic N) is 5. The Kier molecular flexibility index (Phi) is 6.83. The van der Waals surface area contributed by atoms with Gasteiger partial charge in [-0.25, -0.2) is 9.97 Å². The van der Waals surface area contributed by atoms with Gasteiger partial charge in [0.05, 0.1) is 29.6 Å². The summed E-state index contributed by atoms with van der Waals surface area (Å²) in [5, 5.41) is 5.58. The van der Waals surface area contributed by atoms with Crippen LogP contribution in [0.15, 0.2) is 60.1 Å². The molecule has 6 rings (SSSR count). The third-order valence-electron chi connectivity index (χ3n) is 7.08. The number of benzene rings is 2. The van der Waals surface area contributed by atoms with E-state index in [1.165, 1.54) is 16.8 Å². The largest absolute Gasteiger partial charge is 0.379 e. The molecule has 186 valence electrons. The standard InChI is InChI=1S/C28H32N6OS/c1-32-10-12-34(13-11-32)24-8-4-22(5-9-24)25-20-36-26-18-29-28(31-27(25)26)30-23-6-2-21(3-7-23)19-33-14-16-35-17-15-33/h2-9,18,20H,10-17,19H2,1H3,(H,29,30,31). The average Bonchev–Trinajstić information content (AvgIpc) is 3.34. The highest BCUT2D eigenvalue weighted by Gasteiger charge is 2.16. The third-order valence-corrected chi connectivity index (χ3v) is 7.99. The zero-order chi connectivity index (χ0) is 24.3. The summed E-state index contributed by atoms with van der Waals surface area (Å²) in [6, 6.07) is 17.5. The second-order valence-corrected chi connectivity index (χ2v) is 10.5.